The average molecular weight is 444 g/mol. The van der Waals surface area contributed by atoms with Gasteiger partial charge in [0.15, 0.2) is 11.0 Å². The van der Waals surface area contributed by atoms with Gasteiger partial charge in [-0.15, -0.1) is 10.2 Å². The molecule has 2 aromatic carbocycles. The van der Waals surface area contributed by atoms with Gasteiger partial charge in [-0.1, -0.05) is 17.8 Å². The van der Waals surface area contributed by atoms with Gasteiger partial charge in [-0.3, -0.25) is 9.59 Å². The second kappa shape index (κ2) is 10.1. The lowest BCUT2D eigenvalue weighted by molar-refractivity contribution is -0.113. The van der Waals surface area contributed by atoms with Crippen molar-refractivity contribution in [2.45, 2.75) is 18.1 Å². The summed E-state index contributed by atoms with van der Waals surface area (Å²) >= 11 is 1.23. The van der Waals surface area contributed by atoms with Crippen molar-refractivity contribution in [1.82, 2.24) is 20.1 Å². The zero-order chi connectivity index (χ0) is 22.4. The lowest BCUT2D eigenvalue weighted by Gasteiger charge is -2.13. The molecule has 8 nitrogen and oxygen atoms in total. The van der Waals surface area contributed by atoms with Crippen molar-refractivity contribution in [2.24, 2.45) is 7.05 Å². The van der Waals surface area contributed by atoms with E-state index in [1.165, 1.54) is 36.0 Å². The maximum atomic E-state index is 13.0. The van der Waals surface area contributed by atoms with Crippen LogP contribution in [0.25, 0.3) is 0 Å². The number of hydrogen-bond donors (Lipinski definition) is 2. The fourth-order valence-corrected chi connectivity index (χ4v) is 3.52. The molecule has 10 heteroatoms. The second-order valence-corrected chi connectivity index (χ2v) is 7.61. The van der Waals surface area contributed by atoms with Gasteiger partial charge >= 0.3 is 0 Å². The third-order valence-electron chi connectivity index (χ3n) is 4.40. The SMILES string of the molecule is COc1cccc(NC(=O)CSc2nnc(C(C)NC(=O)c3ccc(F)cc3)n2C)c1. The van der Waals surface area contributed by atoms with Gasteiger partial charge < -0.3 is 19.9 Å². The smallest absolute Gasteiger partial charge is 0.251 e. The maximum Gasteiger partial charge on any atom is 0.251 e. The zero-order valence-corrected chi connectivity index (χ0v) is 18.1. The van der Waals surface area contributed by atoms with Crippen molar-refractivity contribution in [3.63, 3.8) is 0 Å². The van der Waals surface area contributed by atoms with Crippen molar-refractivity contribution in [3.8, 4) is 5.75 Å². The Morgan fingerprint density at radius 1 is 1.19 bits per heavy atom. The molecule has 0 aliphatic heterocycles. The molecule has 2 N–H and O–H groups in total. The topological polar surface area (TPSA) is 98.1 Å². The number of benzene rings is 2. The Bertz CT molecular complexity index is 1070. The highest BCUT2D eigenvalue weighted by Crippen LogP contribution is 2.21. The van der Waals surface area contributed by atoms with E-state index in [2.05, 4.69) is 20.8 Å². The van der Waals surface area contributed by atoms with Gasteiger partial charge in [-0.2, -0.15) is 0 Å². The van der Waals surface area contributed by atoms with Crippen molar-refractivity contribution in [3.05, 3.63) is 65.7 Å². The molecular weight excluding hydrogens is 421 g/mol. The van der Waals surface area contributed by atoms with Crippen LogP contribution in [0.1, 0.15) is 29.1 Å². The van der Waals surface area contributed by atoms with Crippen LogP contribution < -0.4 is 15.4 Å². The molecule has 0 radical (unpaired) electrons. The number of hydrogen-bond acceptors (Lipinski definition) is 6. The molecule has 1 unspecified atom stereocenters. The Balaban J connectivity index is 1.57. The zero-order valence-electron chi connectivity index (χ0n) is 17.3. The molecule has 1 aromatic heterocycles. The fraction of sp³-hybridized carbons (Fsp3) is 0.238. The fourth-order valence-electron chi connectivity index (χ4n) is 2.80. The lowest BCUT2D eigenvalue weighted by atomic mass is 10.2. The molecule has 0 aliphatic rings. The first-order chi connectivity index (χ1) is 14.9. The van der Waals surface area contributed by atoms with Gasteiger partial charge in [0.25, 0.3) is 5.91 Å². The summed E-state index contributed by atoms with van der Waals surface area (Å²) in [5.41, 5.74) is 0.986. The van der Waals surface area contributed by atoms with Gasteiger partial charge in [0.2, 0.25) is 5.91 Å². The van der Waals surface area contributed by atoms with Crippen LogP contribution in [0.2, 0.25) is 0 Å². The van der Waals surface area contributed by atoms with Gasteiger partial charge in [0, 0.05) is 24.4 Å². The summed E-state index contributed by atoms with van der Waals surface area (Å²) in [7, 11) is 3.32. The van der Waals surface area contributed by atoms with E-state index >= 15 is 0 Å². The number of rotatable bonds is 8. The van der Waals surface area contributed by atoms with Gasteiger partial charge in [0.05, 0.1) is 18.9 Å². The summed E-state index contributed by atoms with van der Waals surface area (Å²) in [5.74, 6) is 0.378. The number of amides is 2. The number of aromatic nitrogens is 3. The van der Waals surface area contributed by atoms with Crippen molar-refractivity contribution >= 4 is 29.3 Å². The first-order valence-corrected chi connectivity index (χ1v) is 10.4. The minimum absolute atomic E-state index is 0.138. The molecule has 3 aromatic rings. The van der Waals surface area contributed by atoms with Crippen molar-refractivity contribution in [1.29, 1.82) is 0 Å². The number of methoxy groups -OCH3 is 1. The van der Waals surface area contributed by atoms with E-state index in [1.54, 1.807) is 49.9 Å². The number of carbonyl (C=O) groups is 2. The summed E-state index contributed by atoms with van der Waals surface area (Å²) in [4.78, 5) is 24.6. The molecule has 0 aliphatic carbocycles. The predicted octanol–water partition coefficient (Wildman–Crippen LogP) is 3.18. The van der Waals surface area contributed by atoms with Gasteiger partial charge in [-0.25, -0.2) is 4.39 Å². The average Bonchev–Trinajstić information content (AvgIpc) is 3.13. The molecule has 0 saturated heterocycles. The highest BCUT2D eigenvalue weighted by atomic mass is 32.2. The summed E-state index contributed by atoms with van der Waals surface area (Å²) in [6.45, 7) is 1.77. The molecule has 162 valence electrons. The summed E-state index contributed by atoms with van der Waals surface area (Å²) < 4.78 is 19.9. The number of carbonyl (C=O) groups excluding carboxylic acids is 2. The van der Waals surface area contributed by atoms with Gasteiger partial charge in [-0.05, 0) is 43.3 Å². The lowest BCUT2D eigenvalue weighted by Crippen LogP contribution is -2.28. The second-order valence-electron chi connectivity index (χ2n) is 6.67. The minimum Gasteiger partial charge on any atom is -0.497 e. The largest absolute Gasteiger partial charge is 0.497 e. The van der Waals surface area contributed by atoms with E-state index < -0.39 is 11.9 Å². The highest BCUT2D eigenvalue weighted by molar-refractivity contribution is 7.99. The normalized spacial score (nSPS) is 11.6. The molecular formula is C21H22FN5O3S. The molecule has 0 fully saturated rings. The van der Waals surface area contributed by atoms with Crippen LogP contribution in [0.15, 0.2) is 53.7 Å². The minimum atomic E-state index is -0.435. The van der Waals surface area contributed by atoms with E-state index in [0.29, 0.717) is 28.0 Å². The van der Waals surface area contributed by atoms with Crippen LogP contribution in [0.5, 0.6) is 5.75 Å². The van der Waals surface area contributed by atoms with Crippen LogP contribution in [-0.4, -0.2) is 39.4 Å². The molecule has 3 rings (SSSR count). The Labute approximate surface area is 183 Å². The highest BCUT2D eigenvalue weighted by Gasteiger charge is 2.19. The molecule has 0 saturated carbocycles. The Morgan fingerprint density at radius 3 is 2.65 bits per heavy atom. The quantitative estimate of drug-likeness (QED) is 0.519. The molecule has 2 amide bonds. The Hall–Kier alpha value is -3.40. The Morgan fingerprint density at radius 2 is 1.94 bits per heavy atom. The number of ether oxygens (including phenoxy) is 1. The van der Waals surface area contributed by atoms with Crippen LogP contribution >= 0.6 is 11.8 Å². The molecule has 1 atom stereocenters. The summed E-state index contributed by atoms with van der Waals surface area (Å²) in [5, 5.41) is 14.4. The van der Waals surface area contributed by atoms with E-state index in [9.17, 15) is 14.0 Å². The molecule has 31 heavy (non-hydrogen) atoms. The summed E-state index contributed by atoms with van der Waals surface area (Å²) in [6.07, 6.45) is 0. The Kier molecular flexibility index (Phi) is 7.24. The third-order valence-corrected chi connectivity index (χ3v) is 5.42. The van der Waals surface area contributed by atoms with Crippen LogP contribution in [-0.2, 0) is 11.8 Å². The number of thioether (sulfide) groups is 1. The summed E-state index contributed by atoms with van der Waals surface area (Å²) in [6, 6.07) is 11.9. The van der Waals surface area contributed by atoms with Crippen LogP contribution in [0.3, 0.4) is 0 Å². The van der Waals surface area contributed by atoms with E-state index in [1.807, 2.05) is 0 Å². The van der Waals surface area contributed by atoms with E-state index in [4.69, 9.17) is 4.74 Å². The monoisotopic (exact) mass is 443 g/mol. The number of halogens is 1. The van der Waals surface area contributed by atoms with Crippen LogP contribution in [0.4, 0.5) is 10.1 Å². The molecule has 0 spiro atoms. The number of nitrogens with zero attached hydrogens (tertiary/aromatic N) is 3. The molecule has 0 bridgehead atoms. The van der Waals surface area contributed by atoms with E-state index in [0.717, 1.165) is 0 Å². The first-order valence-electron chi connectivity index (χ1n) is 9.40. The molecule has 1 heterocycles. The predicted molar refractivity (Wildman–Crippen MR) is 116 cm³/mol. The van der Waals surface area contributed by atoms with Gasteiger partial charge in [0.1, 0.15) is 11.6 Å². The van der Waals surface area contributed by atoms with E-state index in [-0.39, 0.29) is 17.6 Å². The number of nitrogens with one attached hydrogen (secondary N) is 2. The van der Waals surface area contributed by atoms with Crippen molar-refractivity contribution < 1.29 is 18.7 Å². The maximum absolute atomic E-state index is 13.0. The van der Waals surface area contributed by atoms with Crippen LogP contribution in [0, 0.1) is 5.82 Å². The first kappa shape index (κ1) is 22.3. The number of anilines is 1. The van der Waals surface area contributed by atoms with Crippen molar-refractivity contribution in [2.75, 3.05) is 18.2 Å². The third kappa shape index (κ3) is 5.82. The standard InChI is InChI=1S/C21H22FN5O3S/c1-13(23-20(29)14-7-9-15(22)10-8-14)19-25-26-21(27(19)2)31-12-18(28)24-16-5-4-6-17(11-16)30-3/h4-11,13H,12H2,1-3H3,(H,23,29)(H,24,28).